The minimum atomic E-state index is -0.00848. The molecule has 5 rings (SSSR count). The van der Waals surface area contributed by atoms with Crippen LogP contribution in [-0.2, 0) is 6.54 Å². The van der Waals surface area contributed by atoms with Crippen molar-refractivity contribution >= 4 is 34.8 Å². The van der Waals surface area contributed by atoms with Crippen molar-refractivity contribution in [3.63, 3.8) is 0 Å². The number of hydrogen-bond acceptors (Lipinski definition) is 6. The van der Waals surface area contributed by atoms with Crippen molar-refractivity contribution in [2.75, 3.05) is 36.4 Å². The summed E-state index contributed by atoms with van der Waals surface area (Å²) < 4.78 is 0. The van der Waals surface area contributed by atoms with E-state index in [-0.39, 0.29) is 6.04 Å². The number of rotatable bonds is 7. The first-order valence-corrected chi connectivity index (χ1v) is 12.3. The number of imidazole rings is 1. The third-order valence-corrected chi connectivity index (χ3v) is 7.35. The molecule has 0 bridgehead atoms. The highest BCUT2D eigenvalue weighted by Gasteiger charge is 2.36. The quantitative estimate of drug-likeness (QED) is 0.488. The zero-order chi connectivity index (χ0) is 22.8. The predicted octanol–water partition coefficient (Wildman–Crippen LogP) is 5.03. The number of benzene rings is 1. The van der Waals surface area contributed by atoms with Crippen molar-refractivity contribution in [3.05, 3.63) is 64.4 Å². The van der Waals surface area contributed by atoms with E-state index in [9.17, 15) is 0 Å². The van der Waals surface area contributed by atoms with Gasteiger partial charge in [-0.1, -0.05) is 29.3 Å². The number of aromatic amines is 1. The highest BCUT2D eigenvalue weighted by molar-refractivity contribution is 6.35. The van der Waals surface area contributed by atoms with Crippen LogP contribution in [0.2, 0.25) is 10.0 Å². The number of halogens is 2. The normalized spacial score (nSPS) is 20.5. The molecule has 0 unspecified atom stereocenters. The van der Waals surface area contributed by atoms with E-state index < -0.39 is 0 Å². The van der Waals surface area contributed by atoms with Crippen LogP contribution in [0.4, 0.5) is 11.6 Å². The van der Waals surface area contributed by atoms with E-state index >= 15 is 0 Å². The highest BCUT2D eigenvalue weighted by Crippen LogP contribution is 2.34. The molecule has 33 heavy (non-hydrogen) atoms. The topological polar surface area (TPSA) is 73.0 Å². The lowest BCUT2D eigenvalue weighted by atomic mass is 9.80. The summed E-state index contributed by atoms with van der Waals surface area (Å²) in [7, 11) is 0. The number of hydrogen-bond donors (Lipinski definition) is 2. The second kappa shape index (κ2) is 9.87. The molecule has 0 aliphatic carbocycles. The molecule has 0 amide bonds. The average molecular weight is 486 g/mol. The standard InChI is InChI=1S/C24H29Cl2N7/c1-16(20-5-4-19(25)9-21(20)26)30-22-10-27-11-24(31-22)33-13-18(14-33)17-3-2-8-32(12-17)15-23-28-6-7-29-23/h4-7,9-11,16-18H,2-3,8,12-15H2,1H3,(H,28,29)(H,30,31)/t16-,17-/m1/s1. The molecule has 4 heterocycles. The Balaban J connectivity index is 1.16. The first kappa shape index (κ1) is 22.4. The van der Waals surface area contributed by atoms with Crippen LogP contribution in [0.1, 0.15) is 37.2 Å². The van der Waals surface area contributed by atoms with E-state index in [0.717, 1.165) is 61.7 Å². The van der Waals surface area contributed by atoms with Crippen LogP contribution >= 0.6 is 23.2 Å². The molecule has 174 valence electrons. The minimum Gasteiger partial charge on any atom is -0.362 e. The van der Waals surface area contributed by atoms with Crippen molar-refractivity contribution < 1.29 is 0 Å². The Labute approximate surface area is 204 Å². The maximum atomic E-state index is 6.37. The fourth-order valence-corrected chi connectivity index (χ4v) is 5.52. The molecule has 1 aromatic carbocycles. The molecule has 2 aliphatic heterocycles. The van der Waals surface area contributed by atoms with E-state index in [1.807, 2.05) is 30.7 Å². The third kappa shape index (κ3) is 5.26. The van der Waals surface area contributed by atoms with E-state index in [4.69, 9.17) is 28.2 Å². The summed E-state index contributed by atoms with van der Waals surface area (Å²) in [4.78, 5) is 21.7. The second-order valence-corrected chi connectivity index (χ2v) is 9.98. The molecule has 0 spiro atoms. The van der Waals surface area contributed by atoms with Gasteiger partial charge in [0.25, 0.3) is 0 Å². The molecule has 7 nitrogen and oxygen atoms in total. The Morgan fingerprint density at radius 1 is 1.18 bits per heavy atom. The first-order valence-electron chi connectivity index (χ1n) is 11.5. The number of nitrogens with one attached hydrogen (secondary N) is 2. The SMILES string of the molecule is C[C@@H](Nc1cncc(N2CC([C@@H]3CCCN(Cc4ncc[nH]4)C3)C2)n1)c1ccc(Cl)cc1Cl. The molecule has 2 aromatic heterocycles. The van der Waals surface area contributed by atoms with Gasteiger partial charge in [-0.15, -0.1) is 0 Å². The summed E-state index contributed by atoms with van der Waals surface area (Å²) in [6, 6.07) is 5.55. The maximum absolute atomic E-state index is 6.37. The Morgan fingerprint density at radius 2 is 2.06 bits per heavy atom. The van der Waals surface area contributed by atoms with Gasteiger partial charge in [-0.2, -0.15) is 0 Å². The monoisotopic (exact) mass is 485 g/mol. The van der Waals surface area contributed by atoms with E-state index in [2.05, 4.69) is 37.0 Å². The lowest BCUT2D eigenvalue weighted by molar-refractivity contribution is 0.112. The Bertz CT molecular complexity index is 1070. The molecule has 9 heteroatoms. The number of likely N-dealkylation sites (tertiary alicyclic amines) is 1. The summed E-state index contributed by atoms with van der Waals surface area (Å²) in [5.41, 5.74) is 0.980. The summed E-state index contributed by atoms with van der Waals surface area (Å²) in [6.07, 6.45) is 9.90. The molecule has 0 saturated carbocycles. The molecule has 2 N–H and O–H groups in total. The minimum absolute atomic E-state index is 0.00848. The van der Waals surface area contributed by atoms with Crippen molar-refractivity contribution in [1.29, 1.82) is 0 Å². The fourth-order valence-electron chi connectivity index (χ4n) is 4.94. The van der Waals surface area contributed by atoms with Gasteiger partial charge >= 0.3 is 0 Å². The fraction of sp³-hybridized carbons (Fsp3) is 0.458. The van der Waals surface area contributed by atoms with Crippen LogP contribution in [-0.4, -0.2) is 51.0 Å². The van der Waals surface area contributed by atoms with Crippen LogP contribution < -0.4 is 10.2 Å². The van der Waals surface area contributed by atoms with Crippen molar-refractivity contribution in [1.82, 2.24) is 24.8 Å². The molecule has 2 aliphatic rings. The zero-order valence-corrected chi connectivity index (χ0v) is 20.2. The maximum Gasteiger partial charge on any atom is 0.149 e. The lowest BCUT2D eigenvalue weighted by Crippen LogP contribution is -2.53. The number of nitrogens with zero attached hydrogens (tertiary/aromatic N) is 5. The Morgan fingerprint density at radius 3 is 2.85 bits per heavy atom. The van der Waals surface area contributed by atoms with Crippen molar-refractivity contribution in [2.24, 2.45) is 11.8 Å². The summed E-state index contributed by atoms with van der Waals surface area (Å²) >= 11 is 12.4. The molecule has 2 saturated heterocycles. The van der Waals surface area contributed by atoms with Gasteiger partial charge in [0.1, 0.15) is 17.5 Å². The number of H-pyrrole nitrogens is 1. The van der Waals surface area contributed by atoms with Gasteiger partial charge in [0.05, 0.1) is 25.0 Å². The number of anilines is 2. The second-order valence-electron chi connectivity index (χ2n) is 9.13. The van der Waals surface area contributed by atoms with Gasteiger partial charge in [0, 0.05) is 42.1 Å². The van der Waals surface area contributed by atoms with E-state index in [0.29, 0.717) is 16.0 Å². The van der Waals surface area contributed by atoms with Crippen LogP contribution in [0.25, 0.3) is 0 Å². The zero-order valence-electron chi connectivity index (χ0n) is 18.7. The number of aromatic nitrogens is 4. The van der Waals surface area contributed by atoms with Crippen LogP contribution in [0.5, 0.6) is 0 Å². The largest absolute Gasteiger partial charge is 0.362 e. The molecule has 2 atom stereocenters. The first-order chi connectivity index (χ1) is 16.0. The third-order valence-electron chi connectivity index (χ3n) is 6.79. The molecule has 3 aromatic rings. The van der Waals surface area contributed by atoms with Gasteiger partial charge in [-0.25, -0.2) is 9.97 Å². The summed E-state index contributed by atoms with van der Waals surface area (Å²) in [6.45, 7) is 7.34. The average Bonchev–Trinajstić information content (AvgIpc) is 3.26. The summed E-state index contributed by atoms with van der Waals surface area (Å²) in [5.74, 6) is 4.16. The van der Waals surface area contributed by atoms with E-state index in [1.54, 1.807) is 12.3 Å². The van der Waals surface area contributed by atoms with Crippen LogP contribution in [0.3, 0.4) is 0 Å². The molecular weight excluding hydrogens is 457 g/mol. The lowest BCUT2D eigenvalue weighted by Gasteiger charge is -2.47. The van der Waals surface area contributed by atoms with Crippen molar-refractivity contribution in [3.8, 4) is 0 Å². The Hall–Kier alpha value is -2.35. The molecular formula is C24H29Cl2N7. The van der Waals surface area contributed by atoms with Gasteiger partial charge in [-0.05, 0) is 55.8 Å². The smallest absolute Gasteiger partial charge is 0.149 e. The highest BCUT2D eigenvalue weighted by atomic mass is 35.5. The van der Waals surface area contributed by atoms with Gasteiger partial charge in [0.2, 0.25) is 0 Å². The van der Waals surface area contributed by atoms with Crippen LogP contribution in [0.15, 0.2) is 43.0 Å². The van der Waals surface area contributed by atoms with E-state index in [1.165, 1.54) is 12.8 Å². The van der Waals surface area contributed by atoms with Crippen LogP contribution in [0, 0.1) is 11.8 Å². The Kier molecular flexibility index (Phi) is 6.71. The van der Waals surface area contributed by atoms with Gasteiger partial charge in [0.15, 0.2) is 0 Å². The molecule has 2 fully saturated rings. The predicted molar refractivity (Wildman–Crippen MR) is 133 cm³/mol. The van der Waals surface area contributed by atoms with Gasteiger partial charge < -0.3 is 15.2 Å². The van der Waals surface area contributed by atoms with Crippen molar-refractivity contribution in [2.45, 2.75) is 32.4 Å². The molecule has 0 radical (unpaired) electrons. The number of piperidine rings is 1. The summed E-state index contributed by atoms with van der Waals surface area (Å²) in [5, 5.41) is 4.70. The van der Waals surface area contributed by atoms with Gasteiger partial charge in [-0.3, -0.25) is 9.88 Å².